The van der Waals surface area contributed by atoms with Crippen LogP contribution in [0.5, 0.6) is 0 Å². The first-order chi connectivity index (χ1) is 8.81. The molecule has 0 bridgehead atoms. The number of aliphatic carboxylic acids is 2. The highest BCUT2D eigenvalue weighted by Gasteiger charge is 2.25. The van der Waals surface area contributed by atoms with Crippen LogP contribution in [0, 0.1) is 10.1 Å². The van der Waals surface area contributed by atoms with Gasteiger partial charge in [-0.1, -0.05) is 0 Å². The smallest absolute Gasteiger partial charge is 0.323 e. The van der Waals surface area contributed by atoms with Crippen molar-refractivity contribution in [3.63, 3.8) is 0 Å². The Morgan fingerprint density at radius 1 is 1.21 bits per heavy atom. The molecule has 0 aliphatic rings. The summed E-state index contributed by atoms with van der Waals surface area (Å²) in [4.78, 5) is 45.2. The molecule has 0 aliphatic heterocycles. The second kappa shape index (κ2) is 5.62. The van der Waals surface area contributed by atoms with E-state index in [1.54, 1.807) is 0 Å². The van der Waals surface area contributed by atoms with E-state index < -0.39 is 41.7 Å². The Morgan fingerprint density at radius 2 is 1.74 bits per heavy atom. The molecule has 0 saturated carbocycles. The average Bonchev–Trinajstić information content (AvgIpc) is 2.75. The molecular formula is C9H9N3O7. The summed E-state index contributed by atoms with van der Waals surface area (Å²) in [6, 6.07) is 2.10. The number of aromatic nitrogens is 1. The summed E-state index contributed by atoms with van der Waals surface area (Å²) in [6.45, 7) is -1.64. The molecule has 10 heteroatoms. The molecule has 0 aromatic carbocycles. The normalized spacial score (nSPS) is 9.89. The quantitative estimate of drug-likeness (QED) is 0.466. The summed E-state index contributed by atoms with van der Waals surface area (Å²) < 4.78 is 0. The highest BCUT2D eigenvalue weighted by atomic mass is 16.6. The zero-order valence-corrected chi connectivity index (χ0v) is 9.40. The van der Waals surface area contributed by atoms with Crippen LogP contribution in [0.15, 0.2) is 12.1 Å². The van der Waals surface area contributed by atoms with Crippen LogP contribution in [0.4, 0.5) is 5.82 Å². The summed E-state index contributed by atoms with van der Waals surface area (Å²) in [7, 11) is 0. The van der Waals surface area contributed by atoms with Crippen molar-refractivity contribution in [2.75, 3.05) is 13.1 Å². The third-order valence-corrected chi connectivity index (χ3v) is 2.04. The van der Waals surface area contributed by atoms with Gasteiger partial charge in [0, 0.05) is 6.07 Å². The third-order valence-electron chi connectivity index (χ3n) is 2.04. The fourth-order valence-corrected chi connectivity index (χ4v) is 1.31. The van der Waals surface area contributed by atoms with Crippen LogP contribution < -0.4 is 0 Å². The number of nitro groups is 1. The fourth-order valence-electron chi connectivity index (χ4n) is 1.31. The lowest BCUT2D eigenvalue weighted by molar-refractivity contribution is -0.389. The van der Waals surface area contributed by atoms with Gasteiger partial charge in [-0.25, -0.2) is 4.98 Å². The Balaban J connectivity index is 2.93. The molecule has 19 heavy (non-hydrogen) atoms. The van der Waals surface area contributed by atoms with Gasteiger partial charge in [0.25, 0.3) is 5.91 Å². The van der Waals surface area contributed by atoms with Crippen LogP contribution in [-0.2, 0) is 9.59 Å². The first kappa shape index (κ1) is 14.2. The van der Waals surface area contributed by atoms with E-state index >= 15 is 0 Å². The van der Waals surface area contributed by atoms with Crippen LogP contribution in [0.3, 0.4) is 0 Å². The molecule has 1 heterocycles. The van der Waals surface area contributed by atoms with Gasteiger partial charge in [0.05, 0.1) is 0 Å². The lowest BCUT2D eigenvalue weighted by Crippen LogP contribution is -2.39. The standard InChI is InChI=1S/C9H9N3O7/c13-7(14)3-11(4-8(15)16)9(17)5-1-2-6(10-5)12(18)19/h1-2,10H,3-4H2,(H,13,14)(H,15,16). The zero-order chi connectivity index (χ0) is 14.6. The highest BCUT2D eigenvalue weighted by Crippen LogP contribution is 2.12. The molecular weight excluding hydrogens is 262 g/mol. The number of nitrogens with zero attached hydrogens (tertiary/aromatic N) is 2. The molecule has 1 amide bonds. The van der Waals surface area contributed by atoms with Crippen molar-refractivity contribution in [3.05, 3.63) is 27.9 Å². The molecule has 0 unspecified atom stereocenters. The maximum atomic E-state index is 11.8. The number of carboxylic acid groups (broad SMARTS) is 2. The monoisotopic (exact) mass is 271 g/mol. The number of nitrogens with one attached hydrogen (secondary N) is 1. The van der Waals surface area contributed by atoms with Gasteiger partial charge in [-0.2, -0.15) is 0 Å². The minimum Gasteiger partial charge on any atom is -0.480 e. The molecule has 0 aliphatic carbocycles. The van der Waals surface area contributed by atoms with Crippen LogP contribution >= 0.6 is 0 Å². The first-order valence-corrected chi connectivity index (χ1v) is 4.87. The molecule has 10 nitrogen and oxygen atoms in total. The van der Waals surface area contributed by atoms with E-state index in [0.717, 1.165) is 12.1 Å². The first-order valence-electron chi connectivity index (χ1n) is 4.87. The van der Waals surface area contributed by atoms with Crippen molar-refractivity contribution in [1.29, 1.82) is 0 Å². The van der Waals surface area contributed by atoms with Crippen molar-refractivity contribution < 1.29 is 29.5 Å². The molecule has 3 N–H and O–H groups in total. The predicted molar refractivity (Wildman–Crippen MR) is 58.6 cm³/mol. The average molecular weight is 271 g/mol. The van der Waals surface area contributed by atoms with Gasteiger partial charge in [-0.05, 0) is 11.0 Å². The van der Waals surface area contributed by atoms with Gasteiger partial charge in [-0.15, -0.1) is 0 Å². The third kappa shape index (κ3) is 3.80. The maximum absolute atomic E-state index is 11.8. The van der Waals surface area contributed by atoms with Gasteiger partial charge in [-0.3, -0.25) is 14.4 Å². The summed E-state index contributed by atoms with van der Waals surface area (Å²) in [5, 5.41) is 27.6. The number of hydrogen-bond donors (Lipinski definition) is 3. The van der Waals surface area contributed by atoms with Gasteiger partial charge >= 0.3 is 17.8 Å². The van der Waals surface area contributed by atoms with E-state index in [1.807, 2.05) is 0 Å². The Morgan fingerprint density at radius 3 is 2.11 bits per heavy atom. The Bertz CT molecular complexity index is 520. The summed E-state index contributed by atoms with van der Waals surface area (Å²) >= 11 is 0. The number of carbonyl (C=O) groups excluding carboxylic acids is 1. The van der Waals surface area contributed by atoms with Crippen LogP contribution in [0.1, 0.15) is 10.5 Å². The summed E-state index contributed by atoms with van der Waals surface area (Å²) in [6.07, 6.45) is 0. The molecule has 0 atom stereocenters. The number of rotatable bonds is 6. The number of hydrogen-bond acceptors (Lipinski definition) is 5. The van der Waals surface area contributed by atoms with Crippen molar-refractivity contribution in [2.45, 2.75) is 0 Å². The van der Waals surface area contributed by atoms with Gasteiger partial charge < -0.3 is 25.2 Å². The second-order valence-corrected chi connectivity index (χ2v) is 3.46. The Hall–Kier alpha value is -2.91. The molecule has 1 aromatic rings. The number of amides is 1. The predicted octanol–water partition coefficient (Wildman–Crippen LogP) is -0.466. The number of carbonyl (C=O) groups is 3. The molecule has 1 rings (SSSR count). The van der Waals surface area contributed by atoms with Crippen LogP contribution in [-0.4, -0.2) is 56.0 Å². The lowest BCUT2D eigenvalue weighted by atomic mass is 10.3. The Labute approximate surface area is 105 Å². The van der Waals surface area contributed by atoms with Crippen molar-refractivity contribution in [1.82, 2.24) is 9.88 Å². The second-order valence-electron chi connectivity index (χ2n) is 3.46. The molecule has 0 radical (unpaired) electrons. The van der Waals surface area contributed by atoms with Crippen molar-refractivity contribution in [3.8, 4) is 0 Å². The van der Waals surface area contributed by atoms with E-state index in [2.05, 4.69) is 4.98 Å². The van der Waals surface area contributed by atoms with E-state index in [-0.39, 0.29) is 5.69 Å². The number of aromatic amines is 1. The molecule has 0 spiro atoms. The minimum absolute atomic E-state index is 0.255. The highest BCUT2D eigenvalue weighted by molar-refractivity contribution is 5.96. The maximum Gasteiger partial charge on any atom is 0.323 e. The molecule has 1 aromatic heterocycles. The van der Waals surface area contributed by atoms with Gasteiger partial charge in [0.1, 0.15) is 13.1 Å². The van der Waals surface area contributed by atoms with Crippen molar-refractivity contribution in [2.24, 2.45) is 0 Å². The van der Waals surface area contributed by atoms with Crippen LogP contribution in [0.25, 0.3) is 0 Å². The largest absolute Gasteiger partial charge is 0.480 e. The van der Waals surface area contributed by atoms with Gasteiger partial charge in [0.2, 0.25) is 0 Å². The summed E-state index contributed by atoms with van der Waals surface area (Å²) in [5.74, 6) is -4.18. The van der Waals surface area contributed by atoms with E-state index in [4.69, 9.17) is 10.2 Å². The number of carboxylic acids is 2. The molecule has 0 fully saturated rings. The summed E-state index contributed by atoms with van der Waals surface area (Å²) in [5.41, 5.74) is -0.255. The molecule has 0 saturated heterocycles. The minimum atomic E-state index is -1.39. The SMILES string of the molecule is O=C(O)CN(CC(=O)O)C(=O)c1ccc([N+](=O)[O-])[nH]1. The Kier molecular flexibility index (Phi) is 4.19. The zero-order valence-electron chi connectivity index (χ0n) is 9.40. The van der Waals surface area contributed by atoms with Gasteiger partial charge in [0.15, 0.2) is 5.69 Å². The lowest BCUT2D eigenvalue weighted by Gasteiger charge is -2.16. The van der Waals surface area contributed by atoms with Crippen molar-refractivity contribution >= 4 is 23.7 Å². The van der Waals surface area contributed by atoms with Crippen LogP contribution in [0.2, 0.25) is 0 Å². The number of H-pyrrole nitrogens is 1. The van der Waals surface area contributed by atoms with E-state index in [0.29, 0.717) is 4.90 Å². The fraction of sp³-hybridized carbons (Fsp3) is 0.222. The van der Waals surface area contributed by atoms with E-state index in [9.17, 15) is 24.5 Å². The van der Waals surface area contributed by atoms with E-state index in [1.165, 1.54) is 0 Å². The molecule has 102 valence electrons. The topological polar surface area (TPSA) is 154 Å².